The van der Waals surface area contributed by atoms with Crippen LogP contribution in [0.25, 0.3) is 5.57 Å². The van der Waals surface area contributed by atoms with Crippen LogP contribution in [0.2, 0.25) is 0 Å². The number of carbonyl (C=O) groups is 2. The second kappa shape index (κ2) is 7.11. The fraction of sp³-hybridized carbons (Fsp3) is 0.158. The number of likely N-dealkylation sites (N-methyl/N-ethyl adjacent to an activating group) is 1. The summed E-state index contributed by atoms with van der Waals surface area (Å²) in [5.41, 5.74) is 2.06. The highest BCUT2D eigenvalue weighted by Gasteiger charge is 2.38. The fourth-order valence-corrected chi connectivity index (χ4v) is 3.11. The van der Waals surface area contributed by atoms with Gasteiger partial charge in [-0.1, -0.05) is 34.1 Å². The Morgan fingerprint density at radius 3 is 2.40 bits per heavy atom. The molecular formula is C19H17BrN2O3. The molecule has 0 unspecified atom stereocenters. The van der Waals surface area contributed by atoms with Crippen molar-refractivity contribution < 1.29 is 14.3 Å². The van der Waals surface area contributed by atoms with Gasteiger partial charge in [0, 0.05) is 16.7 Å². The zero-order chi connectivity index (χ0) is 18.0. The molecule has 1 aliphatic rings. The number of nitrogens with one attached hydrogen (secondary N) is 1. The summed E-state index contributed by atoms with van der Waals surface area (Å²) in [4.78, 5) is 26.7. The van der Waals surface area contributed by atoms with E-state index in [4.69, 9.17) is 4.74 Å². The normalized spacial score (nSPS) is 14.3. The Kier molecular flexibility index (Phi) is 4.90. The number of amides is 2. The van der Waals surface area contributed by atoms with Gasteiger partial charge in [-0.05, 0) is 42.8 Å². The number of rotatable bonds is 5. The minimum atomic E-state index is -0.321. The van der Waals surface area contributed by atoms with Crippen molar-refractivity contribution in [3.05, 3.63) is 64.3 Å². The van der Waals surface area contributed by atoms with Gasteiger partial charge in [-0.2, -0.15) is 0 Å². The maximum absolute atomic E-state index is 12.7. The molecule has 1 heterocycles. The Morgan fingerprint density at radius 2 is 1.80 bits per heavy atom. The average molecular weight is 401 g/mol. The lowest BCUT2D eigenvalue weighted by molar-refractivity contribution is -0.136. The maximum Gasteiger partial charge on any atom is 0.278 e. The topological polar surface area (TPSA) is 58.6 Å². The monoisotopic (exact) mass is 400 g/mol. The second-order valence-electron chi connectivity index (χ2n) is 5.47. The number of methoxy groups -OCH3 is 1. The van der Waals surface area contributed by atoms with Gasteiger partial charge in [-0.25, -0.2) is 0 Å². The van der Waals surface area contributed by atoms with Crippen LogP contribution in [-0.4, -0.2) is 30.4 Å². The van der Waals surface area contributed by atoms with Gasteiger partial charge in [0.25, 0.3) is 11.8 Å². The number of imide groups is 1. The molecule has 5 nitrogen and oxygen atoms in total. The molecule has 0 aromatic heterocycles. The first-order chi connectivity index (χ1) is 12.0. The van der Waals surface area contributed by atoms with E-state index in [2.05, 4.69) is 21.2 Å². The summed E-state index contributed by atoms with van der Waals surface area (Å²) in [6, 6.07) is 14.5. The summed E-state index contributed by atoms with van der Waals surface area (Å²) in [6.45, 7) is 2.10. The van der Waals surface area contributed by atoms with E-state index in [1.54, 1.807) is 38.3 Å². The van der Waals surface area contributed by atoms with E-state index in [-0.39, 0.29) is 17.5 Å². The lowest BCUT2D eigenvalue weighted by Gasteiger charge is -2.12. The molecule has 3 rings (SSSR count). The van der Waals surface area contributed by atoms with Gasteiger partial charge in [-0.15, -0.1) is 0 Å². The number of ether oxygens (including phenoxy) is 1. The Balaban J connectivity index is 2.07. The van der Waals surface area contributed by atoms with E-state index in [1.165, 1.54) is 4.90 Å². The molecule has 1 aliphatic heterocycles. The molecule has 6 heteroatoms. The van der Waals surface area contributed by atoms with Crippen LogP contribution in [0.5, 0.6) is 5.75 Å². The van der Waals surface area contributed by atoms with Gasteiger partial charge in [-0.3, -0.25) is 14.5 Å². The van der Waals surface area contributed by atoms with Gasteiger partial charge in [0.1, 0.15) is 11.4 Å². The predicted molar refractivity (Wildman–Crippen MR) is 100 cm³/mol. The third-order valence-corrected chi connectivity index (χ3v) is 4.45. The van der Waals surface area contributed by atoms with Gasteiger partial charge in [0.2, 0.25) is 0 Å². The van der Waals surface area contributed by atoms with Crippen LogP contribution in [0, 0.1) is 0 Å². The summed E-state index contributed by atoms with van der Waals surface area (Å²) in [7, 11) is 1.58. The van der Waals surface area contributed by atoms with Crippen LogP contribution in [0.3, 0.4) is 0 Å². The molecule has 2 aromatic carbocycles. The van der Waals surface area contributed by atoms with E-state index in [9.17, 15) is 9.59 Å². The van der Waals surface area contributed by atoms with E-state index >= 15 is 0 Å². The highest BCUT2D eigenvalue weighted by molar-refractivity contribution is 9.10. The highest BCUT2D eigenvalue weighted by atomic mass is 79.9. The van der Waals surface area contributed by atoms with Crippen molar-refractivity contribution in [3.8, 4) is 5.75 Å². The molecule has 0 spiro atoms. The first-order valence-corrected chi connectivity index (χ1v) is 8.62. The van der Waals surface area contributed by atoms with Crippen molar-refractivity contribution in [2.45, 2.75) is 6.92 Å². The molecule has 2 aromatic rings. The molecule has 25 heavy (non-hydrogen) atoms. The summed E-state index contributed by atoms with van der Waals surface area (Å²) in [5, 5.41) is 3.11. The van der Waals surface area contributed by atoms with Gasteiger partial charge >= 0.3 is 0 Å². The van der Waals surface area contributed by atoms with Crippen molar-refractivity contribution in [3.63, 3.8) is 0 Å². The molecule has 0 saturated carbocycles. The number of carbonyl (C=O) groups excluding carboxylic acids is 2. The van der Waals surface area contributed by atoms with Crippen molar-refractivity contribution in [1.82, 2.24) is 4.90 Å². The Bertz CT molecular complexity index is 859. The summed E-state index contributed by atoms with van der Waals surface area (Å²) < 4.78 is 6.04. The Hall–Kier alpha value is -2.60. The van der Waals surface area contributed by atoms with Gasteiger partial charge < -0.3 is 10.1 Å². The van der Waals surface area contributed by atoms with Crippen LogP contribution < -0.4 is 10.1 Å². The number of hydrogen-bond acceptors (Lipinski definition) is 4. The SMILES string of the molecule is CCN1C(=O)C(Nc2cccc(Br)c2)=C(c2ccc(OC)cc2)C1=O. The zero-order valence-electron chi connectivity index (χ0n) is 13.9. The van der Waals surface area contributed by atoms with Crippen LogP contribution in [0.1, 0.15) is 12.5 Å². The third kappa shape index (κ3) is 3.30. The quantitative estimate of drug-likeness (QED) is 0.777. The van der Waals surface area contributed by atoms with Crippen LogP contribution in [0.4, 0.5) is 5.69 Å². The van der Waals surface area contributed by atoms with Crippen molar-refractivity contribution in [2.24, 2.45) is 0 Å². The predicted octanol–water partition coefficient (Wildman–Crippen LogP) is 3.67. The molecule has 0 atom stereocenters. The standard InChI is InChI=1S/C19H17BrN2O3/c1-3-22-18(23)16(12-7-9-15(25-2)10-8-12)17(19(22)24)21-14-6-4-5-13(20)11-14/h4-11,21H,3H2,1-2H3. The van der Waals surface area contributed by atoms with E-state index in [0.717, 1.165) is 10.2 Å². The zero-order valence-corrected chi connectivity index (χ0v) is 15.5. The molecule has 0 saturated heterocycles. The summed E-state index contributed by atoms with van der Waals surface area (Å²) >= 11 is 3.41. The van der Waals surface area contributed by atoms with Crippen LogP contribution >= 0.6 is 15.9 Å². The number of anilines is 1. The molecule has 0 fully saturated rings. The maximum atomic E-state index is 12.7. The smallest absolute Gasteiger partial charge is 0.278 e. The van der Waals surface area contributed by atoms with Gasteiger partial charge in [0.05, 0.1) is 12.7 Å². The Morgan fingerprint density at radius 1 is 1.08 bits per heavy atom. The van der Waals surface area contributed by atoms with E-state index in [1.807, 2.05) is 24.3 Å². The van der Waals surface area contributed by atoms with Crippen LogP contribution in [-0.2, 0) is 9.59 Å². The summed E-state index contributed by atoms with van der Waals surface area (Å²) in [6.07, 6.45) is 0. The molecular weight excluding hydrogens is 384 g/mol. The highest BCUT2D eigenvalue weighted by Crippen LogP contribution is 2.31. The van der Waals surface area contributed by atoms with Crippen molar-refractivity contribution in [2.75, 3.05) is 19.0 Å². The Labute approximate surface area is 154 Å². The third-order valence-electron chi connectivity index (χ3n) is 3.96. The fourth-order valence-electron chi connectivity index (χ4n) is 2.72. The van der Waals surface area contributed by atoms with Crippen molar-refractivity contribution >= 4 is 39.0 Å². The molecule has 128 valence electrons. The second-order valence-corrected chi connectivity index (χ2v) is 6.38. The first-order valence-electron chi connectivity index (χ1n) is 7.82. The van der Waals surface area contributed by atoms with E-state index in [0.29, 0.717) is 23.4 Å². The molecule has 1 N–H and O–H groups in total. The number of halogens is 1. The minimum absolute atomic E-state index is 0.287. The lowest BCUT2D eigenvalue weighted by atomic mass is 10.0. The minimum Gasteiger partial charge on any atom is -0.497 e. The molecule has 0 aliphatic carbocycles. The molecule has 2 amide bonds. The number of benzene rings is 2. The van der Waals surface area contributed by atoms with Crippen molar-refractivity contribution in [1.29, 1.82) is 0 Å². The first kappa shape index (κ1) is 17.2. The molecule has 0 bridgehead atoms. The lowest BCUT2D eigenvalue weighted by Crippen LogP contribution is -2.32. The number of nitrogens with zero attached hydrogens (tertiary/aromatic N) is 1. The summed E-state index contributed by atoms with van der Waals surface area (Å²) in [5.74, 6) is 0.0726. The average Bonchev–Trinajstić information content (AvgIpc) is 2.85. The van der Waals surface area contributed by atoms with Crippen LogP contribution in [0.15, 0.2) is 58.7 Å². The molecule has 0 radical (unpaired) electrons. The number of hydrogen-bond donors (Lipinski definition) is 1. The largest absolute Gasteiger partial charge is 0.497 e. The van der Waals surface area contributed by atoms with E-state index < -0.39 is 0 Å². The van der Waals surface area contributed by atoms with Gasteiger partial charge in [0.15, 0.2) is 0 Å².